The number of aromatic amines is 1. The maximum absolute atomic E-state index is 11.9. The molecule has 7 heteroatoms. The number of ether oxygens (including phenoxy) is 2. The van der Waals surface area contributed by atoms with Crippen LogP contribution in [0.3, 0.4) is 0 Å². The summed E-state index contributed by atoms with van der Waals surface area (Å²) in [5.74, 6) is 0. The fraction of sp³-hybridized carbons (Fsp3) is 0.750. The van der Waals surface area contributed by atoms with E-state index in [0.717, 1.165) is 17.7 Å². The molecule has 1 aromatic rings. The number of aryl methyl sites for hydroxylation is 1. The number of hydrogen-bond donors (Lipinski definition) is 3. The number of aromatic nitrogens is 2. The van der Waals surface area contributed by atoms with Gasteiger partial charge in [-0.05, 0) is 41.0 Å². The summed E-state index contributed by atoms with van der Waals surface area (Å²) in [7, 11) is 0. The highest BCUT2D eigenvalue weighted by molar-refractivity contribution is 5.68. The molecule has 23 heavy (non-hydrogen) atoms. The predicted octanol–water partition coefficient (Wildman–Crippen LogP) is 1.88. The highest BCUT2D eigenvalue weighted by atomic mass is 16.6. The third kappa shape index (κ3) is 4.94. The van der Waals surface area contributed by atoms with Crippen molar-refractivity contribution >= 4 is 6.09 Å². The van der Waals surface area contributed by atoms with Crippen molar-refractivity contribution in [2.45, 2.75) is 71.4 Å². The van der Waals surface area contributed by atoms with Gasteiger partial charge in [0, 0.05) is 24.4 Å². The van der Waals surface area contributed by atoms with E-state index < -0.39 is 5.60 Å². The van der Waals surface area contributed by atoms with Crippen molar-refractivity contribution in [3.05, 3.63) is 17.5 Å². The van der Waals surface area contributed by atoms with Crippen molar-refractivity contribution < 1.29 is 14.3 Å². The Hall–Kier alpha value is -1.60. The molecule has 130 valence electrons. The molecule has 0 aliphatic heterocycles. The number of nitrogens with zero attached hydrogens (tertiary/aromatic N) is 1. The van der Waals surface area contributed by atoms with Crippen molar-refractivity contribution in [2.75, 3.05) is 6.61 Å². The van der Waals surface area contributed by atoms with E-state index in [4.69, 9.17) is 9.47 Å². The number of hydrogen-bond acceptors (Lipinski definition) is 5. The second-order valence-electron chi connectivity index (χ2n) is 6.91. The molecule has 1 fully saturated rings. The Kier molecular flexibility index (Phi) is 5.64. The average molecular weight is 324 g/mol. The first kappa shape index (κ1) is 17.7. The van der Waals surface area contributed by atoms with Crippen molar-refractivity contribution in [2.24, 2.45) is 0 Å². The molecular formula is C16H28N4O3. The van der Waals surface area contributed by atoms with Gasteiger partial charge in [0.1, 0.15) is 5.60 Å². The maximum atomic E-state index is 11.9. The largest absolute Gasteiger partial charge is 0.444 e. The van der Waals surface area contributed by atoms with E-state index in [2.05, 4.69) is 20.8 Å². The summed E-state index contributed by atoms with van der Waals surface area (Å²) < 4.78 is 11.0. The minimum atomic E-state index is -0.496. The zero-order valence-corrected chi connectivity index (χ0v) is 14.6. The molecular weight excluding hydrogens is 296 g/mol. The summed E-state index contributed by atoms with van der Waals surface area (Å²) >= 11 is 0. The zero-order valence-electron chi connectivity index (χ0n) is 14.6. The fourth-order valence-electron chi connectivity index (χ4n) is 2.66. The zero-order chi connectivity index (χ0) is 17.0. The number of carbonyl (C=O) groups is 1. The summed E-state index contributed by atoms with van der Waals surface area (Å²) in [6, 6.07) is 0.0744. The first-order valence-electron chi connectivity index (χ1n) is 8.13. The van der Waals surface area contributed by atoms with Crippen LogP contribution in [0.5, 0.6) is 0 Å². The molecule has 1 aliphatic carbocycles. The Morgan fingerprint density at radius 3 is 2.78 bits per heavy atom. The standard InChI is InChI=1S/C16H28N4O3/c1-6-22-13-7-12(19-15(21)23-16(3,4)5)14(13)17-8-11-9-18-20-10(11)2/h9,12-14,17H,6-8H2,1-5H3,(H,18,20)(H,19,21). The van der Waals surface area contributed by atoms with Crippen LogP contribution >= 0.6 is 0 Å². The summed E-state index contributed by atoms with van der Waals surface area (Å²) in [4.78, 5) is 11.9. The normalized spacial score (nSPS) is 24.1. The molecule has 0 saturated heterocycles. The molecule has 7 nitrogen and oxygen atoms in total. The topological polar surface area (TPSA) is 88.3 Å². The average Bonchev–Trinajstić information content (AvgIpc) is 2.81. The molecule has 1 saturated carbocycles. The van der Waals surface area contributed by atoms with E-state index in [1.54, 1.807) is 0 Å². The third-order valence-corrected chi connectivity index (χ3v) is 3.87. The number of H-pyrrole nitrogens is 1. The van der Waals surface area contributed by atoms with Crippen LogP contribution in [0.1, 0.15) is 45.4 Å². The van der Waals surface area contributed by atoms with Gasteiger partial charge >= 0.3 is 6.09 Å². The fourth-order valence-corrected chi connectivity index (χ4v) is 2.66. The lowest BCUT2D eigenvalue weighted by Gasteiger charge is -2.45. The lowest BCUT2D eigenvalue weighted by Crippen LogP contribution is -2.66. The molecule has 2 rings (SSSR count). The lowest BCUT2D eigenvalue weighted by molar-refractivity contribution is -0.0438. The Labute approximate surface area is 137 Å². The number of rotatable bonds is 6. The van der Waals surface area contributed by atoms with Crippen LogP contribution in [0.4, 0.5) is 4.79 Å². The van der Waals surface area contributed by atoms with Gasteiger partial charge in [0.2, 0.25) is 0 Å². The van der Waals surface area contributed by atoms with Crippen LogP contribution < -0.4 is 10.6 Å². The Balaban J connectivity index is 1.89. The minimum Gasteiger partial charge on any atom is -0.444 e. The lowest BCUT2D eigenvalue weighted by atomic mass is 9.82. The second kappa shape index (κ2) is 7.31. The van der Waals surface area contributed by atoms with Crippen LogP contribution in [-0.4, -0.2) is 46.7 Å². The van der Waals surface area contributed by atoms with Gasteiger partial charge in [-0.15, -0.1) is 0 Å². The van der Waals surface area contributed by atoms with Crippen molar-refractivity contribution in [3.63, 3.8) is 0 Å². The van der Waals surface area contributed by atoms with Gasteiger partial charge in [-0.3, -0.25) is 5.10 Å². The van der Waals surface area contributed by atoms with E-state index >= 15 is 0 Å². The molecule has 1 amide bonds. The van der Waals surface area contributed by atoms with Gasteiger partial charge < -0.3 is 20.1 Å². The van der Waals surface area contributed by atoms with Crippen molar-refractivity contribution in [1.82, 2.24) is 20.8 Å². The van der Waals surface area contributed by atoms with Gasteiger partial charge in [-0.2, -0.15) is 5.10 Å². The Bertz CT molecular complexity index is 524. The maximum Gasteiger partial charge on any atom is 0.407 e. The first-order chi connectivity index (χ1) is 10.8. The molecule has 0 aromatic carbocycles. The minimum absolute atomic E-state index is 0.00797. The van der Waals surface area contributed by atoms with Gasteiger partial charge in [-0.1, -0.05) is 0 Å². The monoisotopic (exact) mass is 324 g/mol. The summed E-state index contributed by atoms with van der Waals surface area (Å²) in [5.41, 5.74) is 1.66. The smallest absolute Gasteiger partial charge is 0.407 e. The Morgan fingerprint density at radius 1 is 1.48 bits per heavy atom. The number of alkyl carbamates (subject to hydrolysis) is 1. The van der Waals surface area contributed by atoms with E-state index in [1.807, 2.05) is 40.8 Å². The summed E-state index contributed by atoms with van der Waals surface area (Å²) in [6.45, 7) is 10.9. The summed E-state index contributed by atoms with van der Waals surface area (Å²) in [6.07, 6.45) is 2.32. The molecule has 3 N–H and O–H groups in total. The van der Waals surface area contributed by atoms with E-state index in [-0.39, 0.29) is 24.3 Å². The molecule has 1 aliphatic rings. The van der Waals surface area contributed by atoms with Crippen LogP contribution in [0.15, 0.2) is 6.20 Å². The quantitative estimate of drug-likeness (QED) is 0.743. The number of carbonyl (C=O) groups excluding carboxylic acids is 1. The highest BCUT2D eigenvalue weighted by Crippen LogP contribution is 2.25. The molecule has 1 aromatic heterocycles. The first-order valence-corrected chi connectivity index (χ1v) is 8.13. The van der Waals surface area contributed by atoms with Crippen molar-refractivity contribution in [3.8, 4) is 0 Å². The van der Waals surface area contributed by atoms with Gasteiger partial charge in [0.05, 0.1) is 24.4 Å². The second-order valence-corrected chi connectivity index (χ2v) is 6.91. The van der Waals surface area contributed by atoms with Crippen molar-refractivity contribution in [1.29, 1.82) is 0 Å². The Morgan fingerprint density at radius 2 is 2.22 bits per heavy atom. The molecule has 3 atom stereocenters. The molecule has 0 radical (unpaired) electrons. The third-order valence-electron chi connectivity index (χ3n) is 3.87. The van der Waals surface area contributed by atoms with Crippen LogP contribution in [0.2, 0.25) is 0 Å². The van der Waals surface area contributed by atoms with E-state index in [1.165, 1.54) is 0 Å². The molecule has 1 heterocycles. The number of amides is 1. The summed E-state index contributed by atoms with van der Waals surface area (Å²) in [5, 5.41) is 13.3. The van der Waals surface area contributed by atoms with Gasteiger partial charge in [0.15, 0.2) is 0 Å². The highest BCUT2D eigenvalue weighted by Gasteiger charge is 2.42. The SMILES string of the molecule is CCOC1CC(NC(=O)OC(C)(C)C)C1NCc1cn[nH]c1C. The van der Waals surface area contributed by atoms with Gasteiger partial charge in [0.25, 0.3) is 0 Å². The molecule has 3 unspecified atom stereocenters. The van der Waals surface area contributed by atoms with E-state index in [0.29, 0.717) is 13.2 Å². The molecule has 0 spiro atoms. The van der Waals surface area contributed by atoms with Crippen LogP contribution in [0.25, 0.3) is 0 Å². The van der Waals surface area contributed by atoms with Crippen LogP contribution in [-0.2, 0) is 16.0 Å². The number of nitrogens with one attached hydrogen (secondary N) is 3. The van der Waals surface area contributed by atoms with E-state index in [9.17, 15) is 4.79 Å². The molecule has 0 bridgehead atoms. The van der Waals surface area contributed by atoms with Crippen LogP contribution in [0, 0.1) is 6.92 Å². The van der Waals surface area contributed by atoms with Gasteiger partial charge in [-0.25, -0.2) is 4.79 Å². The predicted molar refractivity (Wildman–Crippen MR) is 87.1 cm³/mol.